The van der Waals surface area contributed by atoms with Crippen LogP contribution in [0.2, 0.25) is 0 Å². The average molecular weight is 560 g/mol. The molecule has 3 rings (SSSR count). The van der Waals surface area contributed by atoms with E-state index in [2.05, 4.69) is 34.6 Å². The summed E-state index contributed by atoms with van der Waals surface area (Å²) >= 11 is 0. The second-order valence-corrected chi connectivity index (χ2v) is 7.82. The SMILES string of the molecule is C[C-]1C(C)C(C)C(C)C1C.O.[Ir+3].[NH-]C(c1ccccc1)[C@H]([NH-])c1ccccc1. The summed E-state index contributed by atoms with van der Waals surface area (Å²) in [6.45, 7) is 11.8. The van der Waals surface area contributed by atoms with Gasteiger partial charge in [-0.3, -0.25) is 0 Å². The molecule has 156 valence electrons. The van der Waals surface area contributed by atoms with Crippen LogP contribution in [0.15, 0.2) is 60.7 Å². The van der Waals surface area contributed by atoms with E-state index >= 15 is 0 Å². The molecule has 0 amide bonds. The molecule has 1 aliphatic rings. The van der Waals surface area contributed by atoms with Crippen molar-refractivity contribution in [3.8, 4) is 0 Å². The van der Waals surface area contributed by atoms with Crippen LogP contribution < -0.4 is 0 Å². The van der Waals surface area contributed by atoms with E-state index in [1.807, 2.05) is 60.7 Å². The molecule has 0 aromatic heterocycles. The van der Waals surface area contributed by atoms with Crippen molar-refractivity contribution in [3.63, 3.8) is 0 Å². The fraction of sp³-hybridized carbons (Fsp3) is 0.458. The monoisotopic (exact) mass is 560 g/mol. The van der Waals surface area contributed by atoms with E-state index in [4.69, 9.17) is 11.5 Å². The van der Waals surface area contributed by atoms with Gasteiger partial charge in [0.2, 0.25) is 0 Å². The number of benzene rings is 2. The van der Waals surface area contributed by atoms with Crippen molar-refractivity contribution in [2.24, 2.45) is 23.7 Å². The van der Waals surface area contributed by atoms with Gasteiger partial charge in [-0.05, 0) is 0 Å². The smallest absolute Gasteiger partial charge is 0.672 e. The number of hydrogen-bond acceptors (Lipinski definition) is 0. The minimum absolute atomic E-state index is 0. The van der Waals surface area contributed by atoms with Gasteiger partial charge in [0.25, 0.3) is 0 Å². The summed E-state index contributed by atoms with van der Waals surface area (Å²) in [6, 6.07) is 18.1. The summed E-state index contributed by atoms with van der Waals surface area (Å²) in [5, 5.41) is 0. The van der Waals surface area contributed by atoms with Crippen molar-refractivity contribution < 1.29 is 25.6 Å². The van der Waals surface area contributed by atoms with Crippen LogP contribution in [-0.4, -0.2) is 5.48 Å². The largest absolute Gasteiger partial charge is 3.00 e. The molecule has 1 fully saturated rings. The van der Waals surface area contributed by atoms with E-state index < -0.39 is 12.1 Å². The Balaban J connectivity index is 0.000000532. The summed E-state index contributed by atoms with van der Waals surface area (Å²) in [5.74, 6) is 5.21. The molecule has 0 aliphatic heterocycles. The first kappa shape index (κ1) is 27.0. The third-order valence-corrected chi connectivity index (χ3v) is 6.49. The van der Waals surface area contributed by atoms with E-state index in [0.717, 1.165) is 34.8 Å². The molecule has 1 aliphatic carbocycles. The van der Waals surface area contributed by atoms with Gasteiger partial charge < -0.3 is 22.9 Å². The van der Waals surface area contributed by atoms with Crippen molar-refractivity contribution in [2.75, 3.05) is 0 Å². The topological polar surface area (TPSA) is 79.1 Å². The van der Waals surface area contributed by atoms with E-state index in [9.17, 15) is 0 Å². The van der Waals surface area contributed by atoms with E-state index in [1.54, 1.807) is 5.92 Å². The van der Waals surface area contributed by atoms with Gasteiger partial charge in [-0.1, -0.05) is 111 Å². The third kappa shape index (κ3) is 6.50. The molecule has 2 aromatic carbocycles. The summed E-state index contributed by atoms with van der Waals surface area (Å²) < 4.78 is 0. The summed E-state index contributed by atoms with van der Waals surface area (Å²) in [7, 11) is 0. The molecule has 4 heteroatoms. The fourth-order valence-corrected chi connectivity index (χ4v) is 3.86. The average Bonchev–Trinajstić information content (AvgIpc) is 2.86. The predicted molar refractivity (Wildman–Crippen MR) is 116 cm³/mol. The molecule has 0 radical (unpaired) electrons. The molecule has 0 bridgehead atoms. The molecule has 0 spiro atoms. The standard InChI is InChI=1S/C14H14N2.C10H19.Ir.H2O/c15-13(11-7-3-1-4-8-11)14(16)12-9-5-2-6-10-12;1-6-7(2)9(4)10(5)8(6)3;;/h1-10,13-16H;6-9H,1-5H3;;1H2/q-2;-1;+3;/t13-,14?;;;/m1.../s1. The zero-order valence-corrected chi connectivity index (χ0v) is 20.0. The Morgan fingerprint density at radius 2 is 0.964 bits per heavy atom. The number of nitrogens with one attached hydrogen (secondary N) is 2. The molecule has 2 aromatic rings. The minimum atomic E-state index is -0.524. The van der Waals surface area contributed by atoms with Gasteiger partial charge in [0.1, 0.15) is 0 Å². The van der Waals surface area contributed by atoms with Gasteiger partial charge in [0, 0.05) is 0 Å². The molecular weight excluding hydrogens is 524 g/mol. The molecule has 3 nitrogen and oxygen atoms in total. The van der Waals surface area contributed by atoms with Crippen LogP contribution in [0.3, 0.4) is 0 Å². The van der Waals surface area contributed by atoms with E-state index in [-0.39, 0.29) is 25.6 Å². The van der Waals surface area contributed by atoms with Gasteiger partial charge >= 0.3 is 20.1 Å². The molecule has 5 unspecified atom stereocenters. The Morgan fingerprint density at radius 1 is 0.679 bits per heavy atom. The van der Waals surface area contributed by atoms with E-state index in [0.29, 0.717) is 0 Å². The Morgan fingerprint density at radius 3 is 1.18 bits per heavy atom. The first-order valence-corrected chi connectivity index (χ1v) is 9.70. The fourth-order valence-electron chi connectivity index (χ4n) is 3.86. The molecule has 0 saturated heterocycles. The van der Waals surface area contributed by atoms with Crippen LogP contribution in [0.4, 0.5) is 0 Å². The van der Waals surface area contributed by atoms with Gasteiger partial charge in [-0.2, -0.15) is 18.8 Å². The Kier molecular flexibility index (Phi) is 12.1. The van der Waals surface area contributed by atoms with Gasteiger partial charge in [-0.25, -0.2) is 0 Å². The van der Waals surface area contributed by atoms with Crippen molar-refractivity contribution in [1.82, 2.24) is 0 Å². The van der Waals surface area contributed by atoms with Crippen LogP contribution in [0, 0.1) is 29.6 Å². The summed E-state index contributed by atoms with van der Waals surface area (Å²) in [4.78, 5) is 0. The summed E-state index contributed by atoms with van der Waals surface area (Å²) in [5.41, 5.74) is 17.9. The van der Waals surface area contributed by atoms with Crippen LogP contribution in [-0.2, 0) is 20.1 Å². The van der Waals surface area contributed by atoms with Crippen LogP contribution in [0.5, 0.6) is 0 Å². The normalized spacial score (nSPS) is 26.1. The van der Waals surface area contributed by atoms with Gasteiger partial charge in [-0.15, -0.1) is 12.1 Å². The first-order chi connectivity index (χ1) is 12.3. The zero-order valence-electron chi connectivity index (χ0n) is 17.6. The maximum Gasteiger partial charge on any atom is 3.00 e. The quantitative estimate of drug-likeness (QED) is 0.367. The molecule has 1 saturated carbocycles. The molecule has 28 heavy (non-hydrogen) atoms. The van der Waals surface area contributed by atoms with Crippen LogP contribution >= 0.6 is 0 Å². The number of rotatable bonds is 3. The second kappa shape index (κ2) is 12.5. The molecule has 6 atom stereocenters. The van der Waals surface area contributed by atoms with Crippen LogP contribution in [0.25, 0.3) is 11.5 Å². The maximum absolute atomic E-state index is 8.07. The Bertz CT molecular complexity index is 564. The summed E-state index contributed by atoms with van der Waals surface area (Å²) in [6.07, 6.45) is 0. The van der Waals surface area contributed by atoms with Crippen molar-refractivity contribution in [3.05, 3.63) is 89.2 Å². The molecular formula is C24H35IrN2O. The Hall–Kier alpha value is -1.03. The number of hydrogen-bond donors (Lipinski definition) is 0. The van der Waals surface area contributed by atoms with Gasteiger partial charge in [0.05, 0.1) is 0 Å². The van der Waals surface area contributed by atoms with Crippen molar-refractivity contribution in [2.45, 2.75) is 46.7 Å². The Labute approximate surface area is 185 Å². The predicted octanol–water partition coefficient (Wildman–Crippen LogP) is 6.88. The third-order valence-electron chi connectivity index (χ3n) is 6.49. The first-order valence-electron chi connectivity index (χ1n) is 9.70. The van der Waals surface area contributed by atoms with Crippen molar-refractivity contribution >= 4 is 0 Å². The maximum atomic E-state index is 8.07. The molecule has 0 heterocycles. The van der Waals surface area contributed by atoms with Crippen molar-refractivity contribution in [1.29, 1.82) is 0 Å². The van der Waals surface area contributed by atoms with E-state index in [1.165, 1.54) is 0 Å². The molecule has 4 N–H and O–H groups in total. The second-order valence-electron chi connectivity index (χ2n) is 7.82. The minimum Gasteiger partial charge on any atom is -0.672 e. The van der Waals surface area contributed by atoms with Gasteiger partial charge in [0.15, 0.2) is 0 Å². The zero-order chi connectivity index (χ0) is 19.3. The van der Waals surface area contributed by atoms with Crippen LogP contribution in [0.1, 0.15) is 57.8 Å².